The Hall–Kier alpha value is -0.520. The molecule has 1 aliphatic carbocycles. The monoisotopic (exact) mass is 107 g/mol. The zero-order valence-corrected chi connectivity index (χ0v) is 5.11. The minimum Gasteiger partial charge on any atom is -0.103 e. The van der Waals surface area contributed by atoms with Crippen LogP contribution in [0.15, 0.2) is 18.2 Å². The fourth-order valence-corrected chi connectivity index (χ4v) is 1.00. The molecule has 0 amide bonds. The maximum absolute atomic E-state index is 3.66. The van der Waals surface area contributed by atoms with Gasteiger partial charge in [0, 0.05) is 0 Å². The highest BCUT2D eigenvalue weighted by Gasteiger charge is 2.00. The van der Waals surface area contributed by atoms with E-state index in [9.17, 15) is 0 Å². The van der Waals surface area contributed by atoms with Crippen molar-refractivity contribution < 1.29 is 0 Å². The van der Waals surface area contributed by atoms with E-state index < -0.39 is 0 Å². The molecule has 0 heterocycles. The molecule has 0 aromatic carbocycles. The van der Waals surface area contributed by atoms with Gasteiger partial charge in [-0.1, -0.05) is 11.6 Å². The molecular formula is C8H11. The second kappa shape index (κ2) is 2.71. The van der Waals surface area contributed by atoms with Gasteiger partial charge >= 0.3 is 0 Å². The van der Waals surface area contributed by atoms with Crippen LogP contribution in [0.4, 0.5) is 0 Å². The van der Waals surface area contributed by atoms with Crippen LogP contribution in [0.2, 0.25) is 0 Å². The molecule has 0 aromatic rings. The molecule has 0 bridgehead atoms. The van der Waals surface area contributed by atoms with Crippen molar-refractivity contribution in [1.29, 1.82) is 0 Å². The van der Waals surface area contributed by atoms with Crippen LogP contribution in [0, 0.1) is 6.08 Å². The topological polar surface area (TPSA) is 0 Å². The third-order valence-corrected chi connectivity index (χ3v) is 1.42. The molecule has 0 fully saturated rings. The molecule has 0 heteroatoms. The van der Waals surface area contributed by atoms with Crippen molar-refractivity contribution in [3.8, 4) is 0 Å². The second-order valence-electron chi connectivity index (χ2n) is 2.13. The van der Waals surface area contributed by atoms with Crippen molar-refractivity contribution in [1.82, 2.24) is 0 Å². The van der Waals surface area contributed by atoms with Crippen LogP contribution in [0.3, 0.4) is 0 Å². The molecular weight excluding hydrogens is 96.1 g/mol. The first-order valence-corrected chi connectivity index (χ1v) is 3.13. The molecule has 0 unspecified atom stereocenters. The fourth-order valence-electron chi connectivity index (χ4n) is 1.00. The second-order valence-corrected chi connectivity index (χ2v) is 2.13. The van der Waals surface area contributed by atoms with Gasteiger partial charge in [0.05, 0.1) is 0 Å². The zero-order chi connectivity index (χ0) is 5.82. The van der Waals surface area contributed by atoms with Gasteiger partial charge in [0.2, 0.25) is 0 Å². The average Bonchev–Trinajstić information content (AvgIpc) is 2.19. The predicted octanol–water partition coefficient (Wildman–Crippen LogP) is 2.48. The van der Waals surface area contributed by atoms with Gasteiger partial charge in [-0.2, -0.15) is 0 Å². The molecule has 0 atom stereocenters. The summed E-state index contributed by atoms with van der Waals surface area (Å²) >= 11 is 0. The van der Waals surface area contributed by atoms with Crippen LogP contribution in [0.1, 0.15) is 25.7 Å². The van der Waals surface area contributed by atoms with E-state index in [2.05, 4.69) is 12.7 Å². The zero-order valence-electron chi connectivity index (χ0n) is 5.11. The molecule has 8 heavy (non-hydrogen) atoms. The lowest BCUT2D eigenvalue weighted by atomic mass is 10.2. The molecule has 43 valence electrons. The SMILES string of the molecule is C=CCC1=[C]CCC1. The van der Waals surface area contributed by atoms with Crippen molar-refractivity contribution in [2.75, 3.05) is 0 Å². The van der Waals surface area contributed by atoms with E-state index in [1.54, 1.807) is 0 Å². The standard InChI is InChI=1S/C8H11/c1-2-5-8-6-3-4-7-8/h2H,1,3-6H2. The van der Waals surface area contributed by atoms with Crippen molar-refractivity contribution in [3.63, 3.8) is 0 Å². The first-order chi connectivity index (χ1) is 3.93. The summed E-state index contributed by atoms with van der Waals surface area (Å²) in [5.74, 6) is 0. The van der Waals surface area contributed by atoms with Gasteiger partial charge in [-0.3, -0.25) is 0 Å². The largest absolute Gasteiger partial charge is 0.103 e. The molecule has 1 radical (unpaired) electrons. The highest BCUT2D eigenvalue weighted by Crippen LogP contribution is 2.19. The number of allylic oxidation sites excluding steroid dienone is 3. The highest BCUT2D eigenvalue weighted by molar-refractivity contribution is 5.05. The van der Waals surface area contributed by atoms with Gasteiger partial charge in [-0.05, 0) is 31.8 Å². The predicted molar refractivity (Wildman–Crippen MR) is 35.4 cm³/mol. The Morgan fingerprint density at radius 3 is 3.12 bits per heavy atom. The van der Waals surface area contributed by atoms with E-state index in [1.807, 2.05) is 6.08 Å². The molecule has 0 aliphatic heterocycles. The van der Waals surface area contributed by atoms with Crippen molar-refractivity contribution in [2.45, 2.75) is 25.7 Å². The molecule has 0 aromatic heterocycles. The Labute approximate surface area is 50.9 Å². The van der Waals surface area contributed by atoms with Crippen LogP contribution in [0.5, 0.6) is 0 Å². The van der Waals surface area contributed by atoms with Crippen LogP contribution >= 0.6 is 0 Å². The van der Waals surface area contributed by atoms with E-state index in [-0.39, 0.29) is 0 Å². The van der Waals surface area contributed by atoms with Gasteiger partial charge in [0.15, 0.2) is 0 Å². The van der Waals surface area contributed by atoms with Crippen LogP contribution in [-0.2, 0) is 0 Å². The molecule has 0 nitrogen and oxygen atoms in total. The molecule has 0 saturated carbocycles. The van der Waals surface area contributed by atoms with Gasteiger partial charge in [0.1, 0.15) is 0 Å². The summed E-state index contributed by atoms with van der Waals surface area (Å²) < 4.78 is 0. The summed E-state index contributed by atoms with van der Waals surface area (Å²) in [5, 5.41) is 0. The lowest BCUT2D eigenvalue weighted by Gasteiger charge is -1.90. The normalized spacial score (nSPS) is 18.2. The van der Waals surface area contributed by atoms with Gasteiger partial charge in [-0.25, -0.2) is 0 Å². The summed E-state index contributed by atoms with van der Waals surface area (Å²) in [7, 11) is 0. The first kappa shape index (κ1) is 5.61. The lowest BCUT2D eigenvalue weighted by molar-refractivity contribution is 0.890. The average molecular weight is 107 g/mol. The minimum atomic E-state index is 1.06. The summed E-state index contributed by atoms with van der Waals surface area (Å²) in [4.78, 5) is 0. The first-order valence-electron chi connectivity index (χ1n) is 3.13. The molecule has 0 spiro atoms. The van der Waals surface area contributed by atoms with E-state index in [1.165, 1.54) is 24.8 Å². The van der Waals surface area contributed by atoms with Crippen LogP contribution in [0.25, 0.3) is 0 Å². The van der Waals surface area contributed by atoms with E-state index in [4.69, 9.17) is 0 Å². The van der Waals surface area contributed by atoms with Gasteiger partial charge < -0.3 is 0 Å². The summed E-state index contributed by atoms with van der Waals surface area (Å²) in [6.07, 6.45) is 10.0. The molecule has 0 N–H and O–H groups in total. The van der Waals surface area contributed by atoms with Gasteiger partial charge in [0.25, 0.3) is 0 Å². The van der Waals surface area contributed by atoms with E-state index >= 15 is 0 Å². The third kappa shape index (κ3) is 1.22. The Morgan fingerprint density at radius 1 is 1.75 bits per heavy atom. The Kier molecular flexibility index (Phi) is 1.90. The van der Waals surface area contributed by atoms with Crippen molar-refractivity contribution in [2.24, 2.45) is 0 Å². The molecule has 0 saturated heterocycles. The Bertz CT molecular complexity index is 109. The number of hydrogen-bond acceptors (Lipinski definition) is 0. The minimum absolute atomic E-state index is 1.06. The third-order valence-electron chi connectivity index (χ3n) is 1.42. The van der Waals surface area contributed by atoms with E-state index in [0.717, 1.165) is 6.42 Å². The molecule has 1 rings (SSSR count). The maximum Gasteiger partial charge on any atom is -0.0136 e. The Balaban J connectivity index is 2.33. The summed E-state index contributed by atoms with van der Waals surface area (Å²) in [6, 6.07) is 0. The lowest BCUT2D eigenvalue weighted by Crippen LogP contribution is -1.71. The number of rotatable bonds is 2. The highest BCUT2D eigenvalue weighted by atomic mass is 14.1. The smallest absolute Gasteiger partial charge is 0.0136 e. The van der Waals surface area contributed by atoms with Gasteiger partial charge in [-0.15, -0.1) is 6.58 Å². The van der Waals surface area contributed by atoms with Crippen LogP contribution in [-0.4, -0.2) is 0 Å². The fraction of sp³-hybridized carbons (Fsp3) is 0.500. The quantitative estimate of drug-likeness (QED) is 0.475. The van der Waals surface area contributed by atoms with Crippen LogP contribution < -0.4 is 0 Å². The van der Waals surface area contributed by atoms with Crippen molar-refractivity contribution in [3.05, 3.63) is 24.3 Å². The number of hydrogen-bond donors (Lipinski definition) is 0. The summed E-state index contributed by atoms with van der Waals surface area (Å²) in [5.41, 5.74) is 1.46. The Morgan fingerprint density at radius 2 is 2.62 bits per heavy atom. The van der Waals surface area contributed by atoms with E-state index in [0.29, 0.717) is 0 Å². The van der Waals surface area contributed by atoms with Crippen molar-refractivity contribution >= 4 is 0 Å². The molecule has 1 aliphatic rings. The maximum atomic E-state index is 3.66. The summed E-state index contributed by atoms with van der Waals surface area (Å²) in [6.45, 7) is 3.66.